The minimum Gasteiger partial charge on any atom is -0.497 e. The molecule has 0 saturated heterocycles. The van der Waals surface area contributed by atoms with E-state index in [0.717, 1.165) is 39.6 Å². The van der Waals surface area contributed by atoms with Crippen molar-refractivity contribution in [3.05, 3.63) is 42.4 Å². The number of ether oxygens (including phenoxy) is 1. The Morgan fingerprint density at radius 2 is 2.00 bits per heavy atom. The molecule has 4 rings (SSSR count). The maximum absolute atomic E-state index is 6.03. The molecule has 0 amide bonds. The third-order valence-electron chi connectivity index (χ3n) is 4.28. The van der Waals surface area contributed by atoms with Gasteiger partial charge in [-0.25, -0.2) is 9.97 Å². The molecule has 0 aliphatic rings. The SMILES string of the molecule is CNc1c(-c2cc3cc(OC)ccc3o2)nc2cc(C#C[Si](C)(C)C)ncn12. The fourth-order valence-corrected chi connectivity index (χ4v) is 3.45. The van der Waals surface area contributed by atoms with Crippen molar-refractivity contribution in [3.63, 3.8) is 0 Å². The first-order valence-electron chi connectivity index (χ1n) is 9.05. The number of methoxy groups -OCH3 is 1. The number of nitrogens with one attached hydrogen (secondary N) is 1. The van der Waals surface area contributed by atoms with E-state index in [0.29, 0.717) is 5.76 Å². The van der Waals surface area contributed by atoms with Crippen molar-refractivity contribution in [2.75, 3.05) is 19.5 Å². The molecule has 3 heterocycles. The fourth-order valence-electron chi connectivity index (χ4n) is 2.94. The van der Waals surface area contributed by atoms with Crippen LogP contribution in [0.25, 0.3) is 28.1 Å². The van der Waals surface area contributed by atoms with Gasteiger partial charge < -0.3 is 14.5 Å². The molecule has 0 aliphatic carbocycles. The monoisotopic (exact) mass is 390 g/mol. The smallest absolute Gasteiger partial charge is 0.157 e. The lowest BCUT2D eigenvalue weighted by Crippen LogP contribution is -2.16. The first-order chi connectivity index (χ1) is 13.4. The van der Waals surface area contributed by atoms with Crippen LogP contribution in [0.15, 0.2) is 41.1 Å². The minimum atomic E-state index is -1.47. The van der Waals surface area contributed by atoms with E-state index < -0.39 is 8.07 Å². The van der Waals surface area contributed by atoms with Crippen molar-refractivity contribution in [1.29, 1.82) is 0 Å². The summed E-state index contributed by atoms with van der Waals surface area (Å²) in [5.41, 5.74) is 6.36. The number of hydrogen-bond acceptors (Lipinski definition) is 5. The van der Waals surface area contributed by atoms with Crippen LogP contribution in [-0.4, -0.2) is 36.6 Å². The van der Waals surface area contributed by atoms with Crippen LogP contribution in [0.1, 0.15) is 5.69 Å². The highest BCUT2D eigenvalue weighted by Crippen LogP contribution is 2.34. The van der Waals surface area contributed by atoms with E-state index in [4.69, 9.17) is 14.1 Å². The van der Waals surface area contributed by atoms with Gasteiger partial charge in [0.05, 0.1) is 7.11 Å². The summed E-state index contributed by atoms with van der Waals surface area (Å²) in [4.78, 5) is 9.25. The molecule has 1 N–H and O–H groups in total. The van der Waals surface area contributed by atoms with Crippen LogP contribution in [0.3, 0.4) is 0 Å². The predicted molar refractivity (Wildman–Crippen MR) is 115 cm³/mol. The number of rotatable bonds is 3. The van der Waals surface area contributed by atoms with E-state index in [-0.39, 0.29) is 0 Å². The van der Waals surface area contributed by atoms with Crippen molar-refractivity contribution < 1.29 is 9.15 Å². The maximum atomic E-state index is 6.03. The number of fused-ring (bicyclic) bond motifs is 2. The molecule has 0 spiro atoms. The zero-order valence-electron chi connectivity index (χ0n) is 16.6. The number of aromatic nitrogens is 3. The molecule has 1 aromatic carbocycles. The summed E-state index contributed by atoms with van der Waals surface area (Å²) < 4.78 is 13.2. The normalized spacial score (nSPS) is 11.5. The number of anilines is 1. The first kappa shape index (κ1) is 18.1. The van der Waals surface area contributed by atoms with Gasteiger partial charge in [-0.3, -0.25) is 4.40 Å². The van der Waals surface area contributed by atoms with Gasteiger partial charge in [0.1, 0.15) is 48.6 Å². The quantitative estimate of drug-likeness (QED) is 0.414. The van der Waals surface area contributed by atoms with Crippen molar-refractivity contribution in [3.8, 4) is 28.7 Å². The molecular formula is C21H22N4O2Si. The second kappa shape index (κ2) is 6.73. The summed E-state index contributed by atoms with van der Waals surface area (Å²) in [5, 5.41) is 4.17. The van der Waals surface area contributed by atoms with E-state index in [1.807, 2.05) is 41.8 Å². The third kappa shape index (κ3) is 3.34. The highest BCUT2D eigenvalue weighted by Gasteiger charge is 2.18. The van der Waals surface area contributed by atoms with Gasteiger partial charge in [-0.15, -0.1) is 5.54 Å². The summed E-state index contributed by atoms with van der Waals surface area (Å²) >= 11 is 0. The standard InChI is InChI=1S/C21H22N4O2Si/c1-22-21-20(18-11-14-10-16(26-2)6-7-17(14)27-18)24-19-12-15(23-13-25(19)21)8-9-28(3,4)5/h6-7,10-13,22H,1-5H3. The lowest BCUT2D eigenvalue weighted by Gasteiger charge is -2.03. The summed E-state index contributed by atoms with van der Waals surface area (Å²) in [6.45, 7) is 6.63. The van der Waals surface area contributed by atoms with Crippen molar-refractivity contribution >= 4 is 30.5 Å². The van der Waals surface area contributed by atoms with Gasteiger partial charge in [0.2, 0.25) is 0 Å². The zero-order valence-corrected chi connectivity index (χ0v) is 17.6. The molecular weight excluding hydrogens is 368 g/mol. The van der Waals surface area contributed by atoms with Crippen LogP contribution in [0, 0.1) is 11.5 Å². The first-order valence-corrected chi connectivity index (χ1v) is 12.5. The summed E-state index contributed by atoms with van der Waals surface area (Å²) in [5.74, 6) is 5.48. The minimum absolute atomic E-state index is 0.686. The van der Waals surface area contributed by atoms with Crippen LogP contribution in [0.4, 0.5) is 5.82 Å². The van der Waals surface area contributed by atoms with E-state index >= 15 is 0 Å². The molecule has 0 bridgehead atoms. The molecule has 0 saturated carbocycles. The fraction of sp³-hybridized carbons (Fsp3) is 0.238. The van der Waals surface area contributed by atoms with Gasteiger partial charge in [-0.2, -0.15) is 0 Å². The maximum Gasteiger partial charge on any atom is 0.157 e. The van der Waals surface area contributed by atoms with Gasteiger partial charge >= 0.3 is 0 Å². The molecule has 28 heavy (non-hydrogen) atoms. The number of hydrogen-bond donors (Lipinski definition) is 1. The van der Waals surface area contributed by atoms with Gasteiger partial charge in [0.15, 0.2) is 5.76 Å². The van der Waals surface area contributed by atoms with E-state index in [9.17, 15) is 0 Å². The van der Waals surface area contributed by atoms with Crippen molar-refractivity contribution in [1.82, 2.24) is 14.4 Å². The number of furan rings is 1. The van der Waals surface area contributed by atoms with E-state index in [1.165, 1.54) is 0 Å². The van der Waals surface area contributed by atoms with Crippen molar-refractivity contribution in [2.24, 2.45) is 0 Å². The van der Waals surface area contributed by atoms with Crippen LogP contribution in [0.2, 0.25) is 19.6 Å². The van der Waals surface area contributed by atoms with Crippen LogP contribution in [0.5, 0.6) is 5.75 Å². The van der Waals surface area contributed by atoms with Gasteiger partial charge in [0.25, 0.3) is 0 Å². The second-order valence-corrected chi connectivity index (χ2v) is 12.3. The molecule has 142 valence electrons. The van der Waals surface area contributed by atoms with Crippen LogP contribution in [-0.2, 0) is 0 Å². The molecule has 7 heteroatoms. The van der Waals surface area contributed by atoms with Crippen LogP contribution >= 0.6 is 0 Å². The van der Waals surface area contributed by atoms with Gasteiger partial charge in [0, 0.05) is 18.5 Å². The zero-order chi connectivity index (χ0) is 19.9. The Morgan fingerprint density at radius 1 is 1.18 bits per heavy atom. The molecule has 0 unspecified atom stereocenters. The van der Waals surface area contributed by atoms with Gasteiger partial charge in [-0.1, -0.05) is 25.6 Å². The average Bonchev–Trinajstić information content (AvgIpc) is 3.25. The van der Waals surface area contributed by atoms with Crippen molar-refractivity contribution in [2.45, 2.75) is 19.6 Å². The Labute approximate surface area is 164 Å². The molecule has 0 radical (unpaired) electrons. The van der Waals surface area contributed by atoms with Gasteiger partial charge in [-0.05, 0) is 24.3 Å². The predicted octanol–water partition coefficient (Wildman–Crippen LogP) is 4.42. The Hall–Kier alpha value is -3.24. The molecule has 3 aromatic heterocycles. The van der Waals surface area contributed by atoms with E-state index in [1.54, 1.807) is 13.4 Å². The summed E-state index contributed by atoms with van der Waals surface area (Å²) in [6.07, 6.45) is 1.75. The molecule has 0 aliphatic heterocycles. The largest absolute Gasteiger partial charge is 0.497 e. The highest BCUT2D eigenvalue weighted by atomic mass is 28.3. The topological polar surface area (TPSA) is 64.6 Å². The summed E-state index contributed by atoms with van der Waals surface area (Å²) in [7, 11) is 2.04. The van der Waals surface area contributed by atoms with E-state index in [2.05, 4.69) is 41.4 Å². The highest BCUT2D eigenvalue weighted by molar-refractivity contribution is 6.83. The summed E-state index contributed by atoms with van der Waals surface area (Å²) in [6, 6.07) is 9.61. The lowest BCUT2D eigenvalue weighted by molar-refractivity contribution is 0.415. The number of benzene rings is 1. The number of nitrogens with zero attached hydrogens (tertiary/aromatic N) is 3. The second-order valence-electron chi connectivity index (χ2n) is 7.58. The molecule has 4 aromatic rings. The lowest BCUT2D eigenvalue weighted by atomic mass is 10.2. The molecule has 0 atom stereocenters. The third-order valence-corrected chi connectivity index (χ3v) is 5.15. The Kier molecular flexibility index (Phi) is 4.36. The average molecular weight is 391 g/mol. The van der Waals surface area contributed by atoms with Crippen LogP contribution < -0.4 is 10.1 Å². The Morgan fingerprint density at radius 3 is 2.71 bits per heavy atom. The molecule has 6 nitrogen and oxygen atoms in total. The molecule has 0 fully saturated rings. The number of imidazole rings is 1. The Bertz CT molecular complexity index is 1240. The Balaban J connectivity index is 1.83.